The van der Waals surface area contributed by atoms with Crippen LogP contribution in [0.2, 0.25) is 0 Å². The van der Waals surface area contributed by atoms with Crippen molar-refractivity contribution in [1.29, 1.82) is 0 Å². The topological polar surface area (TPSA) is 58.9 Å². The van der Waals surface area contributed by atoms with Gasteiger partial charge in [0.2, 0.25) is 0 Å². The molecule has 0 aromatic heterocycles. The molecule has 1 rings (SSSR count). The molecule has 0 radical (unpaired) electrons. The molecule has 1 heterocycles. The van der Waals surface area contributed by atoms with Gasteiger partial charge in [-0.2, -0.15) is 0 Å². The number of carboxylic acid groups (broad SMARTS) is 1. The predicted octanol–water partition coefficient (Wildman–Crippen LogP) is 0.626. The first-order chi connectivity index (χ1) is 4.51. The van der Waals surface area contributed by atoms with Gasteiger partial charge in [0.1, 0.15) is 5.60 Å². The van der Waals surface area contributed by atoms with Gasteiger partial charge in [-0.3, -0.25) is 0 Å². The summed E-state index contributed by atoms with van der Waals surface area (Å²) in [6, 6.07) is 0. The van der Waals surface area contributed by atoms with Gasteiger partial charge in [0, 0.05) is 6.42 Å². The highest BCUT2D eigenvalue weighted by Gasteiger charge is 2.32. The molecule has 0 fully saturated rings. The zero-order chi connectivity index (χ0) is 7.78. The van der Waals surface area contributed by atoms with Gasteiger partial charge in [-0.05, 0) is 13.8 Å². The van der Waals surface area contributed by atoms with E-state index in [0.29, 0.717) is 6.42 Å². The van der Waals surface area contributed by atoms with Crippen LogP contribution in [0.25, 0.3) is 0 Å². The Morgan fingerprint density at radius 3 is 2.60 bits per heavy atom. The van der Waals surface area contributed by atoms with E-state index in [1.54, 1.807) is 13.8 Å². The van der Waals surface area contributed by atoms with E-state index in [0.717, 1.165) is 0 Å². The van der Waals surface area contributed by atoms with Crippen molar-refractivity contribution in [2.75, 3.05) is 0 Å². The van der Waals surface area contributed by atoms with Crippen molar-refractivity contribution in [3.05, 3.63) is 0 Å². The average molecular weight is 143 g/mol. The summed E-state index contributed by atoms with van der Waals surface area (Å²) in [6.07, 6.45) is 0.377. The molecule has 56 valence electrons. The van der Waals surface area contributed by atoms with E-state index < -0.39 is 11.6 Å². The molecular formula is C6H9NO3. The van der Waals surface area contributed by atoms with E-state index in [-0.39, 0.29) is 5.71 Å². The van der Waals surface area contributed by atoms with Crippen molar-refractivity contribution in [1.82, 2.24) is 0 Å². The first kappa shape index (κ1) is 7.05. The first-order valence-corrected chi connectivity index (χ1v) is 3.00. The Morgan fingerprint density at radius 1 is 1.80 bits per heavy atom. The molecule has 0 amide bonds. The Hall–Kier alpha value is -1.06. The SMILES string of the molecule is CC1(C)CC(C(=O)O)=NO1. The molecule has 4 heteroatoms. The number of carboxylic acids is 1. The number of aliphatic carboxylic acids is 1. The monoisotopic (exact) mass is 143 g/mol. The van der Waals surface area contributed by atoms with Crippen LogP contribution in [0, 0.1) is 0 Å². The van der Waals surface area contributed by atoms with E-state index in [1.165, 1.54) is 0 Å². The molecule has 0 saturated carbocycles. The fraction of sp³-hybridized carbons (Fsp3) is 0.667. The van der Waals surface area contributed by atoms with Crippen LogP contribution >= 0.6 is 0 Å². The summed E-state index contributed by atoms with van der Waals surface area (Å²) in [5.74, 6) is -0.995. The maximum atomic E-state index is 10.3. The lowest BCUT2D eigenvalue weighted by Crippen LogP contribution is -2.21. The maximum Gasteiger partial charge on any atom is 0.353 e. The summed E-state index contributed by atoms with van der Waals surface area (Å²) < 4.78 is 0. The summed E-state index contributed by atoms with van der Waals surface area (Å²) in [6.45, 7) is 3.60. The van der Waals surface area contributed by atoms with Crippen molar-refractivity contribution < 1.29 is 14.7 Å². The molecule has 0 saturated heterocycles. The zero-order valence-electron chi connectivity index (χ0n) is 5.92. The van der Waals surface area contributed by atoms with Crippen molar-refractivity contribution in [2.24, 2.45) is 5.16 Å². The third-order valence-corrected chi connectivity index (χ3v) is 1.24. The second kappa shape index (κ2) is 1.97. The quantitative estimate of drug-likeness (QED) is 0.585. The minimum absolute atomic E-state index is 0.102. The molecule has 0 aliphatic carbocycles. The Labute approximate surface area is 58.5 Å². The van der Waals surface area contributed by atoms with E-state index in [1.807, 2.05) is 0 Å². The van der Waals surface area contributed by atoms with E-state index >= 15 is 0 Å². The van der Waals surface area contributed by atoms with Crippen LogP contribution in [0.4, 0.5) is 0 Å². The van der Waals surface area contributed by atoms with Gasteiger partial charge in [-0.25, -0.2) is 4.79 Å². The Bertz CT molecular complexity index is 195. The molecule has 0 atom stereocenters. The van der Waals surface area contributed by atoms with Crippen molar-refractivity contribution in [2.45, 2.75) is 25.9 Å². The normalized spacial score (nSPS) is 21.6. The number of hydrogen-bond acceptors (Lipinski definition) is 3. The van der Waals surface area contributed by atoms with Gasteiger partial charge in [0.15, 0.2) is 5.71 Å². The van der Waals surface area contributed by atoms with Crippen LogP contribution in [0.15, 0.2) is 5.16 Å². The number of oxime groups is 1. The zero-order valence-corrected chi connectivity index (χ0v) is 5.92. The van der Waals surface area contributed by atoms with Crippen LogP contribution in [-0.2, 0) is 9.63 Å². The fourth-order valence-electron chi connectivity index (χ4n) is 0.761. The standard InChI is InChI=1S/C6H9NO3/c1-6(2)3-4(5(8)9)7-10-6/h3H2,1-2H3,(H,8,9). The van der Waals surface area contributed by atoms with Gasteiger partial charge in [0.05, 0.1) is 0 Å². The molecule has 0 aromatic carbocycles. The highest BCUT2D eigenvalue weighted by molar-refractivity contribution is 6.36. The third kappa shape index (κ3) is 1.26. The number of nitrogens with zero attached hydrogens (tertiary/aromatic N) is 1. The maximum absolute atomic E-state index is 10.3. The van der Waals surface area contributed by atoms with E-state index in [2.05, 4.69) is 5.16 Å². The molecule has 10 heavy (non-hydrogen) atoms. The van der Waals surface area contributed by atoms with Crippen molar-refractivity contribution in [3.8, 4) is 0 Å². The van der Waals surface area contributed by atoms with Gasteiger partial charge < -0.3 is 9.94 Å². The lowest BCUT2D eigenvalue weighted by molar-refractivity contribution is -0.129. The van der Waals surface area contributed by atoms with Crippen LogP contribution in [0.1, 0.15) is 20.3 Å². The largest absolute Gasteiger partial charge is 0.477 e. The van der Waals surface area contributed by atoms with Gasteiger partial charge >= 0.3 is 5.97 Å². The van der Waals surface area contributed by atoms with Gasteiger partial charge in [0.25, 0.3) is 0 Å². The Morgan fingerprint density at radius 2 is 2.40 bits per heavy atom. The first-order valence-electron chi connectivity index (χ1n) is 3.00. The second-order valence-corrected chi connectivity index (χ2v) is 2.87. The molecule has 4 nitrogen and oxygen atoms in total. The highest BCUT2D eigenvalue weighted by Crippen LogP contribution is 2.21. The summed E-state index contributed by atoms with van der Waals surface area (Å²) in [5, 5.41) is 11.8. The van der Waals surface area contributed by atoms with Crippen LogP contribution < -0.4 is 0 Å². The average Bonchev–Trinajstić information content (AvgIpc) is 2.10. The highest BCUT2D eigenvalue weighted by atomic mass is 16.7. The minimum Gasteiger partial charge on any atom is -0.477 e. The summed E-state index contributed by atoms with van der Waals surface area (Å²) in [4.78, 5) is 15.1. The molecule has 0 bridgehead atoms. The molecular weight excluding hydrogens is 134 g/mol. The number of hydrogen-bond donors (Lipinski definition) is 1. The molecule has 0 unspecified atom stereocenters. The molecule has 1 N–H and O–H groups in total. The molecule has 0 spiro atoms. The minimum atomic E-state index is -0.995. The number of rotatable bonds is 1. The Kier molecular flexibility index (Phi) is 1.39. The van der Waals surface area contributed by atoms with Crippen LogP contribution in [0.3, 0.4) is 0 Å². The lowest BCUT2D eigenvalue weighted by atomic mass is 10.0. The van der Waals surface area contributed by atoms with Crippen molar-refractivity contribution >= 4 is 11.7 Å². The third-order valence-electron chi connectivity index (χ3n) is 1.24. The van der Waals surface area contributed by atoms with Crippen LogP contribution in [0.5, 0.6) is 0 Å². The van der Waals surface area contributed by atoms with E-state index in [9.17, 15) is 4.79 Å². The summed E-state index contributed by atoms with van der Waals surface area (Å²) >= 11 is 0. The Balaban J connectivity index is 2.64. The van der Waals surface area contributed by atoms with Crippen molar-refractivity contribution in [3.63, 3.8) is 0 Å². The van der Waals surface area contributed by atoms with Gasteiger partial charge in [-0.1, -0.05) is 5.16 Å². The van der Waals surface area contributed by atoms with Gasteiger partial charge in [-0.15, -0.1) is 0 Å². The predicted molar refractivity (Wildman–Crippen MR) is 34.9 cm³/mol. The molecule has 1 aliphatic rings. The smallest absolute Gasteiger partial charge is 0.353 e. The van der Waals surface area contributed by atoms with Crippen LogP contribution in [-0.4, -0.2) is 22.4 Å². The lowest BCUT2D eigenvalue weighted by Gasteiger charge is -2.12. The summed E-state index contributed by atoms with van der Waals surface area (Å²) in [5.41, 5.74) is -0.335. The molecule has 0 aromatic rings. The number of carbonyl (C=O) groups is 1. The summed E-state index contributed by atoms with van der Waals surface area (Å²) in [7, 11) is 0. The second-order valence-electron chi connectivity index (χ2n) is 2.87. The van der Waals surface area contributed by atoms with E-state index in [4.69, 9.17) is 9.94 Å². The molecule has 1 aliphatic heterocycles. The fourth-order valence-corrected chi connectivity index (χ4v) is 0.761.